The minimum Gasteiger partial charge on any atom is -1.00 e. The number of likely N-dealkylation sites (N-methyl/N-ethyl adjacent to an activating group) is 2. The summed E-state index contributed by atoms with van der Waals surface area (Å²) in [4.78, 5) is 5.44. The van der Waals surface area contributed by atoms with Crippen LogP contribution >= 0.6 is 0 Å². The zero-order valence-corrected chi connectivity index (χ0v) is 17.3. The van der Waals surface area contributed by atoms with Gasteiger partial charge < -0.3 is 56.9 Å². The normalized spacial score (nSPS) is 44.7. The SMILES string of the molecule is C[N+]12CCCN(CC[N+]3(C)CCCN(CC1)C3)C2.[I-].[I-]. The molecule has 0 N–H and O–H groups in total. The van der Waals surface area contributed by atoms with Crippen molar-refractivity contribution in [3.8, 4) is 0 Å². The Morgan fingerprint density at radius 3 is 1.40 bits per heavy atom. The molecule has 0 aromatic rings. The smallest absolute Gasteiger partial charge is 0.135 e. The molecule has 3 fully saturated rings. The maximum absolute atomic E-state index is 2.72. The summed E-state index contributed by atoms with van der Waals surface area (Å²) in [7, 11) is 4.93. The van der Waals surface area contributed by atoms with Crippen LogP contribution in [0.2, 0.25) is 0 Å². The van der Waals surface area contributed by atoms with E-state index < -0.39 is 0 Å². The van der Waals surface area contributed by atoms with Gasteiger partial charge in [0.2, 0.25) is 0 Å². The molecule has 4 bridgehead atoms. The second-order valence-electron chi connectivity index (χ2n) is 7.36. The first kappa shape index (κ1) is 19.3. The number of fused-ring (bicyclic) bond motifs is 4. The van der Waals surface area contributed by atoms with Crippen LogP contribution in [-0.4, -0.2) is 98.6 Å². The van der Waals surface area contributed by atoms with Gasteiger partial charge in [0.05, 0.1) is 53.4 Å². The van der Waals surface area contributed by atoms with Crippen LogP contribution in [-0.2, 0) is 0 Å². The maximum Gasteiger partial charge on any atom is 0.135 e. The summed E-state index contributed by atoms with van der Waals surface area (Å²) in [5.74, 6) is 0. The van der Waals surface area contributed by atoms with Gasteiger partial charge in [0.15, 0.2) is 0 Å². The number of hydrogen-bond acceptors (Lipinski definition) is 2. The lowest BCUT2D eigenvalue weighted by Gasteiger charge is -2.49. The van der Waals surface area contributed by atoms with Gasteiger partial charge in [-0.25, -0.2) is 0 Å². The first-order chi connectivity index (χ1) is 8.57. The summed E-state index contributed by atoms with van der Waals surface area (Å²) in [6.07, 6.45) is 2.78. The Balaban J connectivity index is 0.000001000. The van der Waals surface area contributed by atoms with E-state index >= 15 is 0 Å². The van der Waals surface area contributed by atoms with Crippen molar-refractivity contribution in [3.05, 3.63) is 0 Å². The Labute approximate surface area is 158 Å². The average molecular weight is 508 g/mol. The third-order valence-corrected chi connectivity index (χ3v) is 5.34. The van der Waals surface area contributed by atoms with Gasteiger partial charge >= 0.3 is 0 Å². The summed E-state index contributed by atoms with van der Waals surface area (Å²) >= 11 is 0. The van der Waals surface area contributed by atoms with E-state index in [4.69, 9.17) is 0 Å². The molecule has 0 aromatic heterocycles. The van der Waals surface area contributed by atoms with Gasteiger partial charge in [-0.15, -0.1) is 0 Å². The zero-order chi connectivity index (χ0) is 12.6. The summed E-state index contributed by atoms with van der Waals surface area (Å²) < 4.78 is 2.56. The van der Waals surface area contributed by atoms with Crippen molar-refractivity contribution < 1.29 is 56.9 Å². The lowest BCUT2D eigenvalue weighted by Crippen LogP contribution is -3.00. The lowest BCUT2D eigenvalue weighted by atomic mass is 10.2. The highest BCUT2D eigenvalue weighted by Crippen LogP contribution is 2.19. The molecule has 20 heavy (non-hydrogen) atoms. The van der Waals surface area contributed by atoms with Gasteiger partial charge in [-0.1, -0.05) is 0 Å². The van der Waals surface area contributed by atoms with Crippen molar-refractivity contribution in [2.75, 3.05) is 79.8 Å². The van der Waals surface area contributed by atoms with Gasteiger partial charge in [0, 0.05) is 25.9 Å². The van der Waals surface area contributed by atoms with Gasteiger partial charge in [-0.05, 0) is 0 Å². The van der Waals surface area contributed by atoms with E-state index in [1.165, 1.54) is 87.5 Å². The molecule has 0 saturated carbocycles. The molecule has 3 aliphatic rings. The molecular formula is C14H30I2N4. The fourth-order valence-electron chi connectivity index (χ4n) is 4.10. The van der Waals surface area contributed by atoms with Gasteiger partial charge in [-0.2, -0.15) is 0 Å². The van der Waals surface area contributed by atoms with E-state index in [1.807, 2.05) is 0 Å². The average Bonchev–Trinajstić information content (AvgIpc) is 2.34. The molecule has 0 amide bonds. The Morgan fingerprint density at radius 2 is 1.00 bits per heavy atom. The molecule has 6 heteroatoms. The van der Waals surface area contributed by atoms with Crippen molar-refractivity contribution >= 4 is 0 Å². The summed E-state index contributed by atoms with van der Waals surface area (Å²) in [6.45, 7) is 13.3. The number of rotatable bonds is 0. The van der Waals surface area contributed by atoms with Crippen LogP contribution in [0.5, 0.6) is 0 Å². The molecule has 0 aromatic carbocycles. The predicted molar refractivity (Wildman–Crippen MR) is 74.0 cm³/mol. The molecule has 120 valence electrons. The summed E-state index contributed by atoms with van der Waals surface area (Å²) in [5.41, 5.74) is 0. The molecule has 4 atom stereocenters. The first-order valence-electron chi connectivity index (χ1n) is 7.69. The number of halogens is 2. The van der Waals surface area contributed by atoms with Crippen LogP contribution in [0.15, 0.2) is 0 Å². The fourth-order valence-corrected chi connectivity index (χ4v) is 4.10. The number of quaternary nitrogens is 2. The van der Waals surface area contributed by atoms with Crippen molar-refractivity contribution in [2.45, 2.75) is 12.8 Å². The van der Waals surface area contributed by atoms with Crippen LogP contribution in [0.3, 0.4) is 0 Å². The summed E-state index contributed by atoms with van der Waals surface area (Å²) in [5, 5.41) is 0. The highest BCUT2D eigenvalue weighted by molar-refractivity contribution is 4.66. The molecule has 3 saturated heterocycles. The topological polar surface area (TPSA) is 6.48 Å². The van der Waals surface area contributed by atoms with E-state index in [-0.39, 0.29) is 48.0 Å². The van der Waals surface area contributed by atoms with E-state index in [0.29, 0.717) is 0 Å². The van der Waals surface area contributed by atoms with Gasteiger partial charge in [0.1, 0.15) is 13.3 Å². The van der Waals surface area contributed by atoms with Crippen molar-refractivity contribution in [1.29, 1.82) is 0 Å². The Kier molecular flexibility index (Phi) is 7.47. The fraction of sp³-hybridized carbons (Fsp3) is 1.00. The van der Waals surface area contributed by atoms with Crippen LogP contribution in [0.4, 0.5) is 0 Å². The van der Waals surface area contributed by atoms with Crippen molar-refractivity contribution in [3.63, 3.8) is 0 Å². The second-order valence-corrected chi connectivity index (χ2v) is 7.36. The summed E-state index contributed by atoms with van der Waals surface area (Å²) in [6, 6.07) is 0. The second kappa shape index (κ2) is 7.72. The molecule has 4 nitrogen and oxygen atoms in total. The van der Waals surface area contributed by atoms with E-state index in [9.17, 15) is 0 Å². The van der Waals surface area contributed by atoms with E-state index in [2.05, 4.69) is 23.9 Å². The molecule has 4 unspecified atom stereocenters. The Hall–Kier alpha value is 1.30. The zero-order valence-electron chi connectivity index (χ0n) is 13.0. The van der Waals surface area contributed by atoms with Crippen LogP contribution in [0.1, 0.15) is 12.8 Å². The quantitative estimate of drug-likeness (QED) is 0.238. The first-order valence-corrected chi connectivity index (χ1v) is 7.69. The molecule has 0 radical (unpaired) electrons. The van der Waals surface area contributed by atoms with E-state index in [0.717, 1.165) is 0 Å². The van der Waals surface area contributed by atoms with Gasteiger partial charge in [0.25, 0.3) is 0 Å². The third kappa shape index (κ3) is 4.65. The molecule has 3 heterocycles. The lowest BCUT2D eigenvalue weighted by molar-refractivity contribution is -0.941. The minimum atomic E-state index is 0. The molecule has 0 spiro atoms. The highest BCUT2D eigenvalue weighted by atomic mass is 127. The van der Waals surface area contributed by atoms with Crippen LogP contribution in [0.25, 0.3) is 0 Å². The van der Waals surface area contributed by atoms with Crippen molar-refractivity contribution in [2.24, 2.45) is 0 Å². The Morgan fingerprint density at radius 1 is 0.600 bits per heavy atom. The number of nitrogens with zero attached hydrogens (tertiary/aromatic N) is 4. The highest BCUT2D eigenvalue weighted by Gasteiger charge is 2.36. The van der Waals surface area contributed by atoms with Crippen molar-refractivity contribution in [1.82, 2.24) is 9.80 Å². The largest absolute Gasteiger partial charge is 1.00 e. The maximum atomic E-state index is 2.72. The van der Waals surface area contributed by atoms with E-state index in [1.54, 1.807) is 0 Å². The third-order valence-electron chi connectivity index (χ3n) is 5.34. The van der Waals surface area contributed by atoms with Crippen LogP contribution in [0, 0.1) is 0 Å². The monoisotopic (exact) mass is 508 g/mol. The molecule has 0 aliphatic carbocycles. The Bertz CT molecular complexity index is 288. The van der Waals surface area contributed by atoms with Crippen LogP contribution < -0.4 is 48.0 Å². The van der Waals surface area contributed by atoms with Gasteiger partial charge in [-0.3, -0.25) is 9.80 Å². The molecule has 3 rings (SSSR count). The predicted octanol–water partition coefficient (Wildman–Crippen LogP) is -5.77. The molecular weight excluding hydrogens is 478 g/mol. The number of hydrogen-bond donors (Lipinski definition) is 0. The standard InChI is InChI=1S/C14H30N4.2HI/c1-17-9-3-5-15(13-17)8-12-18(2)10-4-6-16(14-18)7-11-17;;/h3-14H2,1-2H3;2*1H/q+2;;/p-2. The minimum absolute atomic E-state index is 0. The molecule has 3 aliphatic heterocycles.